The number of amidine groups is 1. The van der Waals surface area contributed by atoms with Gasteiger partial charge in [0.1, 0.15) is 5.84 Å². The van der Waals surface area contributed by atoms with Gasteiger partial charge in [0.15, 0.2) is 0 Å². The van der Waals surface area contributed by atoms with Crippen LogP contribution in [0.2, 0.25) is 0 Å². The molecule has 1 N–H and O–H groups in total. The van der Waals surface area contributed by atoms with Gasteiger partial charge in [-0.3, -0.25) is 4.99 Å². The fourth-order valence-electron chi connectivity index (χ4n) is 9.32. The van der Waals surface area contributed by atoms with Gasteiger partial charge in [0.05, 0.1) is 12.1 Å². The Bertz CT molecular complexity index is 1830. The van der Waals surface area contributed by atoms with Gasteiger partial charge in [-0.05, 0) is 110 Å². The lowest BCUT2D eigenvalue weighted by Crippen LogP contribution is -2.46. The van der Waals surface area contributed by atoms with E-state index in [-0.39, 0.29) is 6.04 Å². The number of hydrogen-bond donors (Lipinski definition) is 1. The zero-order valence-electron chi connectivity index (χ0n) is 28.5. The molecule has 2 aromatic rings. The Hall–Kier alpha value is -3.91. The molecule has 240 valence electrons. The maximum atomic E-state index is 5.44. The summed E-state index contributed by atoms with van der Waals surface area (Å²) in [6.45, 7) is 6.95. The van der Waals surface area contributed by atoms with Crippen molar-refractivity contribution in [3.8, 4) is 0 Å². The third-order valence-electron chi connectivity index (χ3n) is 11.9. The van der Waals surface area contributed by atoms with E-state index in [1.807, 2.05) is 0 Å². The third kappa shape index (κ3) is 6.13. The molecule has 7 unspecified atom stereocenters. The smallest absolute Gasteiger partial charge is 0.128 e. The van der Waals surface area contributed by atoms with Crippen molar-refractivity contribution >= 4 is 22.7 Å². The monoisotopic (exact) mass is 618 g/mol. The van der Waals surface area contributed by atoms with Crippen LogP contribution in [0.25, 0.3) is 16.8 Å². The number of aliphatic imine (C=N–C) groups is 1. The minimum atomic E-state index is 0.280. The summed E-state index contributed by atoms with van der Waals surface area (Å²) < 4.78 is 0. The molecule has 0 aromatic heterocycles. The van der Waals surface area contributed by atoms with Gasteiger partial charge in [0.2, 0.25) is 0 Å². The molecule has 0 fully saturated rings. The number of nitrogens with zero attached hydrogens (tertiary/aromatic N) is 1. The first kappa shape index (κ1) is 30.4. The first-order valence-corrected chi connectivity index (χ1v) is 18.3. The van der Waals surface area contributed by atoms with Crippen molar-refractivity contribution in [3.05, 3.63) is 136 Å². The Labute approximate surface area is 282 Å². The molecule has 0 bridgehead atoms. The van der Waals surface area contributed by atoms with E-state index in [0.29, 0.717) is 35.6 Å². The topological polar surface area (TPSA) is 24.4 Å². The van der Waals surface area contributed by atoms with Crippen LogP contribution in [0.5, 0.6) is 0 Å². The lowest BCUT2D eigenvalue weighted by Gasteiger charge is -2.41. The summed E-state index contributed by atoms with van der Waals surface area (Å²) in [5.74, 6) is 3.75. The van der Waals surface area contributed by atoms with E-state index in [2.05, 4.69) is 129 Å². The number of nitrogens with one attached hydrogen (secondary N) is 1. The number of allylic oxidation sites excluding steroid dienone is 11. The van der Waals surface area contributed by atoms with Gasteiger partial charge in [0, 0.05) is 17.4 Å². The van der Waals surface area contributed by atoms with E-state index in [1.165, 1.54) is 45.0 Å². The van der Waals surface area contributed by atoms with E-state index in [4.69, 9.17) is 4.99 Å². The van der Waals surface area contributed by atoms with E-state index in [9.17, 15) is 0 Å². The molecule has 2 nitrogen and oxygen atoms in total. The minimum absolute atomic E-state index is 0.280. The van der Waals surface area contributed by atoms with Gasteiger partial charge in [-0.15, -0.1) is 0 Å². The van der Waals surface area contributed by atoms with Crippen LogP contribution in [0.3, 0.4) is 0 Å². The van der Waals surface area contributed by atoms with E-state index >= 15 is 0 Å². The van der Waals surface area contributed by atoms with Crippen molar-refractivity contribution in [1.29, 1.82) is 0 Å². The molecule has 0 saturated heterocycles. The maximum absolute atomic E-state index is 5.44. The first-order valence-electron chi connectivity index (χ1n) is 18.3. The summed E-state index contributed by atoms with van der Waals surface area (Å²) in [6, 6.07) is 12.4. The highest BCUT2D eigenvalue weighted by Gasteiger charge is 2.37. The Balaban J connectivity index is 1.21. The first-order chi connectivity index (χ1) is 23.0. The number of hydrogen-bond acceptors (Lipinski definition) is 2. The fourth-order valence-corrected chi connectivity index (χ4v) is 9.32. The molecule has 8 rings (SSSR count). The maximum Gasteiger partial charge on any atom is 0.128 e. The molecule has 5 aliphatic carbocycles. The summed E-state index contributed by atoms with van der Waals surface area (Å²) in [5, 5.41) is 6.98. The van der Waals surface area contributed by atoms with Gasteiger partial charge in [-0.1, -0.05) is 127 Å². The second kappa shape index (κ2) is 12.9. The van der Waals surface area contributed by atoms with Crippen LogP contribution in [0, 0.1) is 23.7 Å². The molecule has 47 heavy (non-hydrogen) atoms. The van der Waals surface area contributed by atoms with Crippen molar-refractivity contribution in [2.24, 2.45) is 28.7 Å². The summed E-state index contributed by atoms with van der Waals surface area (Å²) in [5.41, 5.74) is 10.3. The van der Waals surface area contributed by atoms with E-state index in [0.717, 1.165) is 50.8 Å². The van der Waals surface area contributed by atoms with Crippen LogP contribution in [-0.2, 0) is 6.42 Å². The van der Waals surface area contributed by atoms with Gasteiger partial charge in [-0.2, -0.15) is 0 Å². The highest BCUT2D eigenvalue weighted by atomic mass is 15.1. The van der Waals surface area contributed by atoms with Crippen LogP contribution in [0.4, 0.5) is 0 Å². The molecular formula is C45H50N2. The van der Waals surface area contributed by atoms with Crippen molar-refractivity contribution < 1.29 is 0 Å². The highest BCUT2D eigenvalue weighted by Crippen LogP contribution is 2.47. The molecule has 0 amide bonds. The second-order valence-electron chi connectivity index (χ2n) is 15.2. The zero-order chi connectivity index (χ0) is 31.9. The summed E-state index contributed by atoms with van der Waals surface area (Å²) in [6.07, 6.45) is 37.7. The average Bonchev–Trinajstić information content (AvgIpc) is 3.11. The predicted molar refractivity (Wildman–Crippen MR) is 201 cm³/mol. The summed E-state index contributed by atoms with van der Waals surface area (Å²) in [4.78, 5) is 5.44. The highest BCUT2D eigenvalue weighted by molar-refractivity contribution is 6.02. The normalized spacial score (nSPS) is 31.7. The SMILES string of the molecule is CC1=CCC(C2CC(C3CC(C4C=CC=CC4)N=C(C4=CCC(C)C=C4)N3)=CC(c3cc4c(c5ccccc35)CCC=C4)C2)C(C)=C1. The Morgan fingerprint density at radius 1 is 0.894 bits per heavy atom. The Kier molecular flexibility index (Phi) is 8.38. The largest absolute Gasteiger partial charge is 0.363 e. The molecule has 1 heterocycles. The molecule has 2 aromatic carbocycles. The number of fused-ring (bicyclic) bond motifs is 3. The Morgan fingerprint density at radius 3 is 2.60 bits per heavy atom. The number of aryl methyl sites for hydroxylation is 1. The molecule has 7 atom stereocenters. The minimum Gasteiger partial charge on any atom is -0.363 e. The van der Waals surface area contributed by atoms with Gasteiger partial charge < -0.3 is 5.32 Å². The quantitative estimate of drug-likeness (QED) is 0.331. The van der Waals surface area contributed by atoms with E-state index < -0.39 is 0 Å². The number of benzene rings is 2. The van der Waals surface area contributed by atoms with Crippen LogP contribution in [0.15, 0.2) is 124 Å². The predicted octanol–water partition coefficient (Wildman–Crippen LogP) is 10.9. The summed E-state index contributed by atoms with van der Waals surface area (Å²) in [7, 11) is 0. The fraction of sp³-hybridized carbons (Fsp3) is 0.400. The van der Waals surface area contributed by atoms with Crippen LogP contribution >= 0.6 is 0 Å². The van der Waals surface area contributed by atoms with Crippen LogP contribution in [0.1, 0.15) is 88.3 Å². The standard InChI is InChI=1S/C45H50N2/c1-29-17-20-33(21-18-29)45-46-43(32-11-5-4-6-12-32)28-44(47-45)37-25-35(38-22-19-30(2)23-31(38)3)24-36(26-37)42-27-34-13-7-8-14-39(34)40-15-9-10-16-41(40)42/h4-7,9-11,13,15-17,19-21,23,26-27,29,32,35-36,38,43-44H,8,12,14,18,22,24-25,28H2,1-3H3,(H,46,47). The molecule has 1 aliphatic heterocycles. The third-order valence-corrected chi connectivity index (χ3v) is 11.9. The van der Waals surface area contributed by atoms with Gasteiger partial charge in [0.25, 0.3) is 0 Å². The van der Waals surface area contributed by atoms with Crippen molar-refractivity contribution in [1.82, 2.24) is 5.32 Å². The van der Waals surface area contributed by atoms with Gasteiger partial charge >= 0.3 is 0 Å². The lowest BCUT2D eigenvalue weighted by molar-refractivity contribution is 0.309. The van der Waals surface area contributed by atoms with E-state index in [1.54, 1.807) is 11.1 Å². The molecular weight excluding hydrogens is 569 g/mol. The molecule has 0 spiro atoms. The van der Waals surface area contributed by atoms with Crippen LogP contribution < -0.4 is 5.32 Å². The second-order valence-corrected chi connectivity index (χ2v) is 15.2. The van der Waals surface area contributed by atoms with Crippen LogP contribution in [-0.4, -0.2) is 17.9 Å². The summed E-state index contributed by atoms with van der Waals surface area (Å²) >= 11 is 0. The average molecular weight is 619 g/mol. The zero-order valence-corrected chi connectivity index (χ0v) is 28.5. The molecule has 0 saturated carbocycles. The van der Waals surface area contributed by atoms with Crippen molar-refractivity contribution in [2.75, 3.05) is 0 Å². The van der Waals surface area contributed by atoms with Crippen molar-refractivity contribution in [3.63, 3.8) is 0 Å². The molecule has 0 radical (unpaired) electrons. The number of rotatable bonds is 5. The lowest BCUT2D eigenvalue weighted by atomic mass is 9.67. The van der Waals surface area contributed by atoms with Crippen molar-refractivity contribution in [2.45, 2.75) is 90.1 Å². The molecule has 2 heteroatoms. The van der Waals surface area contributed by atoms with Gasteiger partial charge in [-0.25, -0.2) is 0 Å². The molecule has 6 aliphatic rings. The Morgan fingerprint density at radius 2 is 1.79 bits per heavy atom.